The number of nitro benzene ring substituents is 1. The number of hydrogen-bond donors (Lipinski definition) is 1. The molecule has 0 saturated heterocycles. The smallest absolute Gasteiger partial charge is 0.269 e. The minimum Gasteiger partial charge on any atom is -0.306 e. The molecule has 4 nitrogen and oxygen atoms in total. The summed E-state index contributed by atoms with van der Waals surface area (Å²) in [6.45, 7) is 2.85. The van der Waals surface area contributed by atoms with Gasteiger partial charge in [-0.15, -0.1) is 0 Å². The molecular formula is C10H12N2O2. The predicted octanol–water partition coefficient (Wildman–Crippen LogP) is 2.15. The second-order valence-electron chi connectivity index (χ2n) is 3.48. The van der Waals surface area contributed by atoms with Gasteiger partial charge in [0.2, 0.25) is 0 Å². The molecule has 0 bridgehead atoms. The van der Waals surface area contributed by atoms with Crippen LogP contribution in [0.1, 0.15) is 30.5 Å². The van der Waals surface area contributed by atoms with E-state index in [1.54, 1.807) is 12.1 Å². The highest BCUT2D eigenvalue weighted by atomic mass is 16.6. The second kappa shape index (κ2) is 3.38. The van der Waals surface area contributed by atoms with Crippen LogP contribution < -0.4 is 5.32 Å². The minimum atomic E-state index is -0.348. The van der Waals surface area contributed by atoms with Crippen molar-refractivity contribution in [3.05, 3.63) is 39.4 Å². The SMILES string of the molecule is CCC1NCc2cc([N+](=O)[O-])ccc21. The molecular weight excluding hydrogens is 180 g/mol. The number of non-ortho nitro benzene ring substituents is 1. The summed E-state index contributed by atoms with van der Waals surface area (Å²) in [5.41, 5.74) is 2.45. The van der Waals surface area contributed by atoms with Crippen LogP contribution in [0.5, 0.6) is 0 Å². The molecule has 1 N–H and O–H groups in total. The summed E-state index contributed by atoms with van der Waals surface area (Å²) in [6.07, 6.45) is 1.02. The van der Waals surface area contributed by atoms with Crippen molar-refractivity contribution in [3.63, 3.8) is 0 Å². The molecule has 1 aliphatic heterocycles. The molecule has 0 aromatic heterocycles. The second-order valence-corrected chi connectivity index (χ2v) is 3.48. The average Bonchev–Trinajstić information content (AvgIpc) is 2.59. The van der Waals surface area contributed by atoms with E-state index in [-0.39, 0.29) is 10.6 Å². The summed E-state index contributed by atoms with van der Waals surface area (Å²) in [4.78, 5) is 10.2. The van der Waals surface area contributed by atoms with Gasteiger partial charge in [-0.05, 0) is 17.5 Å². The van der Waals surface area contributed by atoms with Crippen LogP contribution in [0, 0.1) is 10.1 Å². The van der Waals surface area contributed by atoms with E-state index in [1.165, 1.54) is 5.56 Å². The molecule has 0 spiro atoms. The Hall–Kier alpha value is -1.42. The lowest BCUT2D eigenvalue weighted by Gasteiger charge is -2.07. The topological polar surface area (TPSA) is 55.2 Å². The van der Waals surface area contributed by atoms with Gasteiger partial charge in [0.05, 0.1) is 4.92 Å². The molecule has 1 aromatic carbocycles. The van der Waals surface area contributed by atoms with Crippen LogP contribution in [-0.2, 0) is 6.54 Å². The molecule has 1 heterocycles. The van der Waals surface area contributed by atoms with E-state index in [1.807, 2.05) is 6.07 Å². The van der Waals surface area contributed by atoms with Gasteiger partial charge in [-0.2, -0.15) is 0 Å². The molecule has 0 saturated carbocycles. The molecule has 4 heteroatoms. The molecule has 14 heavy (non-hydrogen) atoms. The summed E-state index contributed by atoms with van der Waals surface area (Å²) in [5.74, 6) is 0. The molecule has 0 radical (unpaired) electrons. The van der Waals surface area contributed by atoms with Crippen molar-refractivity contribution < 1.29 is 4.92 Å². The highest BCUT2D eigenvalue weighted by Gasteiger charge is 2.21. The van der Waals surface area contributed by atoms with Gasteiger partial charge in [0.15, 0.2) is 0 Å². The fourth-order valence-corrected chi connectivity index (χ4v) is 1.91. The quantitative estimate of drug-likeness (QED) is 0.577. The van der Waals surface area contributed by atoms with Crippen molar-refractivity contribution in [1.29, 1.82) is 0 Å². The van der Waals surface area contributed by atoms with E-state index in [0.717, 1.165) is 18.5 Å². The highest BCUT2D eigenvalue weighted by molar-refractivity contribution is 5.43. The molecule has 1 unspecified atom stereocenters. The molecule has 74 valence electrons. The third-order valence-electron chi connectivity index (χ3n) is 2.66. The zero-order chi connectivity index (χ0) is 10.1. The van der Waals surface area contributed by atoms with Crippen LogP contribution in [0.25, 0.3) is 0 Å². The fourth-order valence-electron chi connectivity index (χ4n) is 1.91. The van der Waals surface area contributed by atoms with Crippen LogP contribution in [0.2, 0.25) is 0 Å². The zero-order valence-electron chi connectivity index (χ0n) is 7.99. The molecule has 0 amide bonds. The maximum atomic E-state index is 10.5. The van der Waals surface area contributed by atoms with Crippen molar-refractivity contribution in [2.75, 3.05) is 0 Å². The summed E-state index contributed by atoms with van der Waals surface area (Å²) < 4.78 is 0. The van der Waals surface area contributed by atoms with Crippen LogP contribution in [-0.4, -0.2) is 4.92 Å². The Morgan fingerprint density at radius 2 is 2.43 bits per heavy atom. The summed E-state index contributed by atoms with van der Waals surface area (Å²) in [5, 5.41) is 13.9. The number of nitrogens with one attached hydrogen (secondary N) is 1. The lowest BCUT2D eigenvalue weighted by atomic mass is 10.0. The highest BCUT2D eigenvalue weighted by Crippen LogP contribution is 2.30. The maximum Gasteiger partial charge on any atom is 0.269 e. The average molecular weight is 192 g/mol. The van der Waals surface area contributed by atoms with Gasteiger partial charge in [0, 0.05) is 24.7 Å². The minimum absolute atomic E-state index is 0.183. The predicted molar refractivity (Wildman–Crippen MR) is 53.0 cm³/mol. The van der Waals surface area contributed by atoms with Crippen molar-refractivity contribution in [3.8, 4) is 0 Å². The standard InChI is InChI=1S/C10H12N2O2/c1-2-10-9-4-3-8(12(13)14)5-7(9)6-11-10/h3-5,10-11H,2,6H2,1H3. The first-order valence-electron chi connectivity index (χ1n) is 4.73. The monoisotopic (exact) mass is 192 g/mol. The van der Waals surface area contributed by atoms with Crippen molar-refractivity contribution in [1.82, 2.24) is 5.32 Å². The lowest BCUT2D eigenvalue weighted by molar-refractivity contribution is -0.384. The van der Waals surface area contributed by atoms with Crippen LogP contribution in [0.3, 0.4) is 0 Å². The van der Waals surface area contributed by atoms with E-state index in [9.17, 15) is 10.1 Å². The van der Waals surface area contributed by atoms with Crippen LogP contribution in [0.15, 0.2) is 18.2 Å². The number of hydrogen-bond acceptors (Lipinski definition) is 3. The Morgan fingerprint density at radius 1 is 1.64 bits per heavy atom. The van der Waals surface area contributed by atoms with Gasteiger partial charge in [-0.25, -0.2) is 0 Å². The Labute approximate surface area is 82.1 Å². The third-order valence-corrected chi connectivity index (χ3v) is 2.66. The number of nitro groups is 1. The first kappa shape index (κ1) is 9.15. The van der Waals surface area contributed by atoms with Gasteiger partial charge < -0.3 is 5.32 Å². The van der Waals surface area contributed by atoms with E-state index in [4.69, 9.17) is 0 Å². The van der Waals surface area contributed by atoms with Gasteiger partial charge >= 0.3 is 0 Å². The maximum absolute atomic E-state index is 10.5. The van der Waals surface area contributed by atoms with Crippen molar-refractivity contribution in [2.24, 2.45) is 0 Å². The van der Waals surface area contributed by atoms with Crippen LogP contribution >= 0.6 is 0 Å². The Kier molecular flexibility index (Phi) is 2.21. The zero-order valence-corrected chi connectivity index (χ0v) is 7.99. The number of fused-ring (bicyclic) bond motifs is 1. The Morgan fingerprint density at radius 3 is 3.07 bits per heavy atom. The molecule has 1 aliphatic rings. The summed E-state index contributed by atoms with van der Waals surface area (Å²) in [7, 11) is 0. The normalized spacial score (nSPS) is 19.4. The van der Waals surface area contributed by atoms with E-state index < -0.39 is 0 Å². The largest absolute Gasteiger partial charge is 0.306 e. The van der Waals surface area contributed by atoms with Crippen molar-refractivity contribution in [2.45, 2.75) is 25.9 Å². The van der Waals surface area contributed by atoms with E-state index in [0.29, 0.717) is 6.04 Å². The van der Waals surface area contributed by atoms with E-state index >= 15 is 0 Å². The number of benzene rings is 1. The van der Waals surface area contributed by atoms with Gasteiger partial charge in [-0.1, -0.05) is 13.0 Å². The molecule has 0 fully saturated rings. The Balaban J connectivity index is 2.39. The van der Waals surface area contributed by atoms with E-state index in [2.05, 4.69) is 12.2 Å². The van der Waals surface area contributed by atoms with Gasteiger partial charge in [-0.3, -0.25) is 10.1 Å². The summed E-state index contributed by atoms with van der Waals surface area (Å²) in [6, 6.07) is 5.47. The van der Waals surface area contributed by atoms with Crippen molar-refractivity contribution >= 4 is 5.69 Å². The first-order chi connectivity index (χ1) is 6.72. The fraction of sp³-hybridized carbons (Fsp3) is 0.400. The molecule has 1 atom stereocenters. The number of rotatable bonds is 2. The molecule has 0 aliphatic carbocycles. The van der Waals surface area contributed by atoms with Gasteiger partial charge in [0.1, 0.15) is 0 Å². The molecule has 1 aromatic rings. The first-order valence-corrected chi connectivity index (χ1v) is 4.73. The number of nitrogens with zero attached hydrogens (tertiary/aromatic N) is 1. The Bertz CT molecular complexity index is 376. The molecule has 2 rings (SSSR count). The third kappa shape index (κ3) is 1.37. The summed E-state index contributed by atoms with van der Waals surface area (Å²) >= 11 is 0. The van der Waals surface area contributed by atoms with Crippen LogP contribution in [0.4, 0.5) is 5.69 Å². The van der Waals surface area contributed by atoms with Gasteiger partial charge in [0.25, 0.3) is 5.69 Å². The lowest BCUT2D eigenvalue weighted by Crippen LogP contribution is -2.10.